The number of urea groups is 1. The van der Waals surface area contributed by atoms with Gasteiger partial charge in [-0.3, -0.25) is 4.79 Å². The summed E-state index contributed by atoms with van der Waals surface area (Å²) in [4.78, 5) is 30.1. The molecule has 150 valence electrons. The average Bonchev–Trinajstić information content (AvgIpc) is 2.69. The van der Waals surface area contributed by atoms with Crippen molar-refractivity contribution in [3.05, 3.63) is 74.9 Å². The van der Waals surface area contributed by atoms with E-state index >= 15 is 0 Å². The molecule has 2 N–H and O–H groups in total. The summed E-state index contributed by atoms with van der Waals surface area (Å²) in [7, 11) is 1.73. The van der Waals surface area contributed by atoms with Gasteiger partial charge in [0.25, 0.3) is 5.56 Å². The Hall–Kier alpha value is -2.86. The smallest absolute Gasteiger partial charge is 0.322 e. The van der Waals surface area contributed by atoms with Crippen molar-refractivity contribution in [3.63, 3.8) is 0 Å². The lowest BCUT2D eigenvalue weighted by molar-refractivity contribution is 0.189. The molecule has 0 saturated heterocycles. The van der Waals surface area contributed by atoms with E-state index < -0.39 is 5.82 Å². The van der Waals surface area contributed by atoms with Crippen molar-refractivity contribution in [2.45, 2.75) is 25.8 Å². The molecule has 0 spiro atoms. The zero-order valence-electron chi connectivity index (χ0n) is 16.1. The van der Waals surface area contributed by atoms with Crippen molar-refractivity contribution in [1.82, 2.24) is 9.88 Å². The van der Waals surface area contributed by atoms with Crippen LogP contribution in [0.3, 0.4) is 0 Å². The van der Waals surface area contributed by atoms with Crippen LogP contribution in [-0.2, 0) is 6.42 Å². The van der Waals surface area contributed by atoms with Gasteiger partial charge in [-0.25, -0.2) is 9.18 Å². The van der Waals surface area contributed by atoms with Gasteiger partial charge >= 0.3 is 6.03 Å². The van der Waals surface area contributed by atoms with Gasteiger partial charge in [0, 0.05) is 29.4 Å². The Balaban J connectivity index is 1.71. The summed E-state index contributed by atoms with van der Waals surface area (Å²) in [5.41, 5.74) is 2.17. The number of H-pyrrole nitrogens is 1. The van der Waals surface area contributed by atoms with E-state index in [0.29, 0.717) is 17.0 Å². The molecule has 5 nitrogen and oxygen atoms in total. The summed E-state index contributed by atoms with van der Waals surface area (Å²) in [5, 5.41) is 4.21. The Labute approximate surface area is 172 Å². The number of carbonyl (C=O) groups excluding carboxylic acids is 1. The minimum Gasteiger partial charge on any atom is -0.325 e. The van der Waals surface area contributed by atoms with E-state index in [-0.39, 0.29) is 22.7 Å². The molecule has 0 aliphatic heterocycles. The summed E-state index contributed by atoms with van der Waals surface area (Å²) in [6.07, 6.45) is 1.53. The van der Waals surface area contributed by atoms with Gasteiger partial charge in [-0.2, -0.15) is 0 Å². The van der Waals surface area contributed by atoms with Crippen LogP contribution in [0.1, 0.15) is 30.6 Å². The number of hydrogen-bond donors (Lipinski definition) is 2. The molecule has 2 amide bonds. The van der Waals surface area contributed by atoms with Crippen LogP contribution in [0.5, 0.6) is 0 Å². The number of benzene rings is 2. The maximum Gasteiger partial charge on any atom is 0.322 e. The monoisotopic (exact) mass is 413 g/mol. The molecule has 0 bridgehead atoms. The maximum atomic E-state index is 13.4. The van der Waals surface area contributed by atoms with Gasteiger partial charge in [0.2, 0.25) is 0 Å². The summed E-state index contributed by atoms with van der Waals surface area (Å²) in [6.45, 7) is 2.11. The number of halogens is 2. The Bertz CT molecular complexity index is 1160. The molecule has 1 unspecified atom stereocenters. The fraction of sp³-hybridized carbons (Fsp3) is 0.273. The van der Waals surface area contributed by atoms with Crippen molar-refractivity contribution in [1.29, 1.82) is 0 Å². The third kappa shape index (κ3) is 3.60. The third-order valence-electron chi connectivity index (χ3n) is 5.52. The average molecular weight is 414 g/mol. The van der Waals surface area contributed by atoms with Crippen LogP contribution in [0.25, 0.3) is 10.8 Å². The van der Waals surface area contributed by atoms with Gasteiger partial charge in [0.05, 0.1) is 11.1 Å². The number of aromatic nitrogens is 1. The van der Waals surface area contributed by atoms with Crippen LogP contribution in [-0.4, -0.2) is 23.0 Å². The van der Waals surface area contributed by atoms with E-state index in [4.69, 9.17) is 11.6 Å². The molecule has 2 aromatic carbocycles. The largest absolute Gasteiger partial charge is 0.325 e. The topological polar surface area (TPSA) is 65.2 Å². The SMILES string of the molecule is C[C@H]1Cc2[nH]c(=O)c3ccccc3c2C(N(C)C(=O)Nc2ccc(F)c(Cl)c2)C1. The minimum absolute atomic E-state index is 0.0503. The number of amides is 2. The Morgan fingerprint density at radius 3 is 2.69 bits per heavy atom. The first-order valence-corrected chi connectivity index (χ1v) is 9.85. The van der Waals surface area contributed by atoms with Gasteiger partial charge < -0.3 is 15.2 Å². The van der Waals surface area contributed by atoms with Crippen molar-refractivity contribution < 1.29 is 9.18 Å². The van der Waals surface area contributed by atoms with Crippen molar-refractivity contribution >= 4 is 34.1 Å². The number of fused-ring (bicyclic) bond motifs is 3. The second-order valence-electron chi connectivity index (χ2n) is 7.62. The Morgan fingerprint density at radius 2 is 1.97 bits per heavy atom. The highest BCUT2D eigenvalue weighted by Gasteiger charge is 2.32. The number of hydrogen-bond acceptors (Lipinski definition) is 2. The predicted octanol–water partition coefficient (Wildman–Crippen LogP) is 5.11. The summed E-state index contributed by atoms with van der Waals surface area (Å²) >= 11 is 5.82. The van der Waals surface area contributed by atoms with Crippen LogP contribution in [0.15, 0.2) is 47.3 Å². The molecule has 3 aromatic rings. The van der Waals surface area contributed by atoms with Gasteiger partial charge in [0.1, 0.15) is 5.82 Å². The number of nitrogens with one attached hydrogen (secondary N) is 2. The fourth-order valence-corrected chi connectivity index (χ4v) is 4.28. The molecule has 0 radical (unpaired) electrons. The second-order valence-corrected chi connectivity index (χ2v) is 8.03. The number of anilines is 1. The van der Waals surface area contributed by atoms with E-state index in [1.807, 2.05) is 18.2 Å². The zero-order chi connectivity index (χ0) is 20.7. The first-order valence-electron chi connectivity index (χ1n) is 9.47. The van der Waals surface area contributed by atoms with Crippen LogP contribution in [0, 0.1) is 11.7 Å². The molecule has 0 saturated carbocycles. The Kier molecular flexibility index (Phi) is 5.04. The Morgan fingerprint density at radius 1 is 1.24 bits per heavy atom. The molecule has 1 aromatic heterocycles. The van der Waals surface area contributed by atoms with Crippen LogP contribution in [0.4, 0.5) is 14.9 Å². The maximum absolute atomic E-state index is 13.4. The van der Waals surface area contributed by atoms with Gasteiger partial charge in [0.15, 0.2) is 0 Å². The molecule has 4 rings (SSSR count). The number of rotatable bonds is 2. The highest BCUT2D eigenvalue weighted by atomic mass is 35.5. The van der Waals surface area contributed by atoms with Crippen molar-refractivity contribution in [2.75, 3.05) is 12.4 Å². The van der Waals surface area contributed by atoms with Crippen molar-refractivity contribution in [2.24, 2.45) is 5.92 Å². The number of pyridine rings is 1. The third-order valence-corrected chi connectivity index (χ3v) is 5.81. The lowest BCUT2D eigenvalue weighted by atomic mass is 9.81. The van der Waals surface area contributed by atoms with E-state index in [1.165, 1.54) is 18.2 Å². The van der Waals surface area contributed by atoms with Crippen molar-refractivity contribution in [3.8, 4) is 0 Å². The van der Waals surface area contributed by atoms with E-state index in [0.717, 1.165) is 29.5 Å². The lowest BCUT2D eigenvalue weighted by Gasteiger charge is -2.36. The second kappa shape index (κ2) is 7.52. The highest BCUT2D eigenvalue weighted by Crippen LogP contribution is 2.39. The predicted molar refractivity (Wildman–Crippen MR) is 113 cm³/mol. The van der Waals surface area contributed by atoms with E-state index in [9.17, 15) is 14.0 Å². The summed E-state index contributed by atoms with van der Waals surface area (Å²) in [6, 6.07) is 11.0. The molecule has 7 heteroatoms. The van der Waals surface area contributed by atoms with Gasteiger partial charge in [-0.05, 0) is 48.4 Å². The number of aromatic amines is 1. The molecule has 29 heavy (non-hydrogen) atoms. The normalized spacial score (nSPS) is 18.3. The van der Waals surface area contributed by atoms with E-state index in [1.54, 1.807) is 18.0 Å². The zero-order valence-corrected chi connectivity index (χ0v) is 16.9. The molecule has 2 atom stereocenters. The number of carbonyl (C=O) groups is 1. The standard InChI is InChI=1S/C22H21ClFN3O2/c1-12-9-18-20(14-5-3-4-6-15(14)21(28)26-18)19(10-12)27(2)22(29)25-13-7-8-17(24)16(23)11-13/h3-8,11-12,19H,9-10H2,1-2H3,(H,25,29)(H,26,28)/t12-,19?/m0/s1. The molecular weight excluding hydrogens is 393 g/mol. The van der Waals surface area contributed by atoms with Gasteiger partial charge in [-0.15, -0.1) is 0 Å². The molecule has 1 heterocycles. The number of nitrogens with zero attached hydrogens (tertiary/aromatic N) is 1. The highest BCUT2D eigenvalue weighted by molar-refractivity contribution is 6.31. The fourth-order valence-electron chi connectivity index (χ4n) is 4.10. The first kappa shape index (κ1) is 19.5. The first-order chi connectivity index (χ1) is 13.8. The lowest BCUT2D eigenvalue weighted by Crippen LogP contribution is -2.38. The summed E-state index contributed by atoms with van der Waals surface area (Å²) in [5.74, 6) is -0.233. The molecular formula is C22H21ClFN3O2. The van der Waals surface area contributed by atoms with E-state index in [2.05, 4.69) is 17.2 Å². The summed E-state index contributed by atoms with van der Waals surface area (Å²) < 4.78 is 13.4. The molecule has 1 aliphatic carbocycles. The van der Waals surface area contributed by atoms with Crippen LogP contribution >= 0.6 is 11.6 Å². The molecule has 0 fully saturated rings. The minimum atomic E-state index is -0.538. The van der Waals surface area contributed by atoms with Gasteiger partial charge in [-0.1, -0.05) is 36.7 Å². The molecule has 1 aliphatic rings. The quantitative estimate of drug-likeness (QED) is 0.613. The van der Waals surface area contributed by atoms with Crippen LogP contribution in [0.2, 0.25) is 5.02 Å². The van der Waals surface area contributed by atoms with Crippen LogP contribution < -0.4 is 10.9 Å².